The number of aromatic amines is 1. The number of hydrogen-bond donors (Lipinski definition) is 2. The van der Waals surface area contributed by atoms with Crippen LogP contribution in [0.4, 0.5) is 8.78 Å². The highest BCUT2D eigenvalue weighted by atomic mass is 35.5. The molecule has 0 unspecified atom stereocenters. The third-order valence-corrected chi connectivity index (χ3v) is 6.05. The molecule has 1 aromatic carbocycles. The smallest absolute Gasteiger partial charge is 0.231 e. The van der Waals surface area contributed by atoms with Gasteiger partial charge in [0.25, 0.3) is 0 Å². The molecule has 174 valence electrons. The molecule has 12 heteroatoms. The van der Waals surface area contributed by atoms with E-state index < -0.39 is 23.8 Å². The lowest BCUT2D eigenvalue weighted by molar-refractivity contribution is -0.122. The van der Waals surface area contributed by atoms with Crippen LogP contribution < -0.4 is 5.32 Å². The number of alkyl halides is 1. The molecule has 3 heterocycles. The van der Waals surface area contributed by atoms with Gasteiger partial charge in [0.15, 0.2) is 5.82 Å². The molecule has 1 saturated carbocycles. The number of benzene rings is 1. The van der Waals surface area contributed by atoms with Crippen LogP contribution in [0.15, 0.2) is 46.7 Å². The highest BCUT2D eigenvalue weighted by Gasteiger charge is 2.43. The van der Waals surface area contributed by atoms with Crippen molar-refractivity contribution in [3.05, 3.63) is 53.1 Å². The fraction of sp³-hybridized carbons (Fsp3) is 0.227. The average molecular weight is 485 g/mol. The predicted octanol–water partition coefficient (Wildman–Crippen LogP) is 3.41. The van der Waals surface area contributed by atoms with E-state index in [1.54, 1.807) is 47.5 Å². The van der Waals surface area contributed by atoms with Gasteiger partial charge in [0.05, 0.1) is 46.2 Å². The van der Waals surface area contributed by atoms with Crippen molar-refractivity contribution in [2.45, 2.75) is 12.6 Å². The molecule has 5 rings (SSSR count). The third-order valence-electron chi connectivity index (χ3n) is 5.69. The number of fused-ring (bicyclic) bond motifs is 1. The quantitative estimate of drug-likeness (QED) is 0.523. The molecule has 34 heavy (non-hydrogen) atoms. The number of amides is 1. The molecule has 2 aliphatic rings. The molecule has 1 amide bonds. The van der Waals surface area contributed by atoms with Gasteiger partial charge in [0.1, 0.15) is 12.0 Å². The molecule has 0 spiro atoms. The summed E-state index contributed by atoms with van der Waals surface area (Å²) < 4.78 is 30.3. The van der Waals surface area contributed by atoms with Gasteiger partial charge in [-0.05, 0) is 19.2 Å². The van der Waals surface area contributed by atoms with Gasteiger partial charge >= 0.3 is 0 Å². The molecule has 0 saturated heterocycles. The van der Waals surface area contributed by atoms with Crippen molar-refractivity contribution in [1.29, 1.82) is 0 Å². The number of carbonyl (C=O) groups is 1. The second-order valence-corrected chi connectivity index (χ2v) is 8.30. The van der Waals surface area contributed by atoms with Crippen LogP contribution in [-0.4, -0.2) is 56.4 Å². The molecule has 2 atom stereocenters. The summed E-state index contributed by atoms with van der Waals surface area (Å²) in [4.78, 5) is 21.9. The van der Waals surface area contributed by atoms with Crippen LogP contribution in [-0.2, 0) is 11.8 Å². The highest BCUT2D eigenvalue weighted by molar-refractivity contribution is 6.34. The lowest BCUT2D eigenvalue weighted by Gasteiger charge is -2.21. The number of nitrogens with zero attached hydrogens (tertiary/aromatic N) is 6. The van der Waals surface area contributed by atoms with E-state index in [-0.39, 0.29) is 22.8 Å². The molecular weight excluding hydrogens is 466 g/mol. The zero-order chi connectivity index (χ0) is 24.0. The Morgan fingerprint density at radius 1 is 1.44 bits per heavy atom. The highest BCUT2D eigenvalue weighted by Crippen LogP contribution is 2.41. The predicted molar refractivity (Wildman–Crippen MR) is 125 cm³/mol. The van der Waals surface area contributed by atoms with Crippen LogP contribution in [0.3, 0.4) is 0 Å². The van der Waals surface area contributed by atoms with E-state index in [1.165, 1.54) is 6.20 Å². The summed E-state index contributed by atoms with van der Waals surface area (Å²) in [7, 11) is 1.71. The lowest BCUT2D eigenvalue weighted by atomic mass is 10.0. The van der Waals surface area contributed by atoms with E-state index in [0.717, 1.165) is 0 Å². The fourth-order valence-corrected chi connectivity index (χ4v) is 4.14. The van der Waals surface area contributed by atoms with Gasteiger partial charge in [0, 0.05) is 42.8 Å². The Morgan fingerprint density at radius 3 is 2.91 bits per heavy atom. The molecule has 1 aliphatic heterocycles. The number of hydrogen-bond acceptors (Lipinski definition) is 6. The number of aryl methyl sites for hydroxylation is 1. The van der Waals surface area contributed by atoms with Gasteiger partial charge in [-0.15, -0.1) is 0 Å². The molecule has 2 aromatic heterocycles. The van der Waals surface area contributed by atoms with E-state index in [4.69, 9.17) is 11.6 Å². The molecule has 0 radical (unpaired) electrons. The van der Waals surface area contributed by atoms with Crippen molar-refractivity contribution in [2.24, 2.45) is 23.0 Å². The summed E-state index contributed by atoms with van der Waals surface area (Å²) in [6.07, 6.45) is 7.00. The van der Waals surface area contributed by atoms with Crippen molar-refractivity contribution in [3.63, 3.8) is 0 Å². The Morgan fingerprint density at radius 2 is 2.24 bits per heavy atom. The number of rotatable bonds is 6. The van der Waals surface area contributed by atoms with Gasteiger partial charge in [-0.2, -0.15) is 10.2 Å². The molecule has 9 nitrogen and oxygen atoms in total. The summed E-state index contributed by atoms with van der Waals surface area (Å²) in [5.74, 6) is -1.58. The topological polar surface area (TPSA) is 104 Å². The molecule has 2 N–H and O–H groups in total. The van der Waals surface area contributed by atoms with Gasteiger partial charge in [-0.25, -0.2) is 13.8 Å². The van der Waals surface area contributed by atoms with Gasteiger partial charge in [0.2, 0.25) is 5.91 Å². The van der Waals surface area contributed by atoms with E-state index in [1.807, 2.05) is 0 Å². The maximum absolute atomic E-state index is 15.6. The molecule has 3 aromatic rings. The number of carbonyl (C=O) groups excluding carboxylic acids is 1. The number of nitrogens with one attached hydrogen (secondary N) is 2. The third kappa shape index (κ3) is 3.77. The number of aromatic nitrogens is 4. The van der Waals surface area contributed by atoms with E-state index >= 15 is 4.39 Å². The summed E-state index contributed by atoms with van der Waals surface area (Å²) in [6.45, 7) is 3.81. The van der Waals surface area contributed by atoms with Crippen LogP contribution in [0.5, 0.6) is 0 Å². The van der Waals surface area contributed by atoms with Crippen LogP contribution in [0.25, 0.3) is 27.9 Å². The minimum absolute atomic E-state index is 0.113. The van der Waals surface area contributed by atoms with E-state index in [2.05, 4.69) is 37.3 Å². The Kier molecular flexibility index (Phi) is 5.48. The Bertz CT molecular complexity index is 1410. The molecule has 1 fully saturated rings. The SMILES string of the molecule is C=N/C(=C\N1C=C(c2c(Cl)c(F)c(-c3ccnn3C)c3[nH]ncc23)N=CC1)NC(=O)[C@@H]1C[C@@H]1F. The van der Waals surface area contributed by atoms with Crippen molar-refractivity contribution < 1.29 is 13.6 Å². The van der Waals surface area contributed by atoms with E-state index in [0.29, 0.717) is 34.4 Å². The Hall–Kier alpha value is -3.86. The average Bonchev–Trinajstić information content (AvgIpc) is 3.16. The summed E-state index contributed by atoms with van der Waals surface area (Å²) >= 11 is 6.53. The summed E-state index contributed by atoms with van der Waals surface area (Å²) in [5.41, 5.74) is 1.99. The number of aliphatic imine (C=N–C) groups is 2. The zero-order valence-electron chi connectivity index (χ0n) is 18.0. The van der Waals surface area contributed by atoms with Crippen molar-refractivity contribution in [3.8, 4) is 11.3 Å². The maximum atomic E-state index is 15.6. The van der Waals surface area contributed by atoms with Gasteiger partial charge in [-0.1, -0.05) is 11.6 Å². The minimum Gasteiger partial charge on any atom is -0.343 e. The minimum atomic E-state index is -1.12. The van der Waals surface area contributed by atoms with Crippen molar-refractivity contribution in [1.82, 2.24) is 30.2 Å². The van der Waals surface area contributed by atoms with Crippen LogP contribution in [0, 0.1) is 11.7 Å². The fourth-order valence-electron chi connectivity index (χ4n) is 3.84. The van der Waals surface area contributed by atoms with E-state index in [9.17, 15) is 9.18 Å². The largest absolute Gasteiger partial charge is 0.343 e. The first kappa shape index (κ1) is 22.0. The summed E-state index contributed by atoms with van der Waals surface area (Å²) in [5, 5.41) is 14.1. The van der Waals surface area contributed by atoms with Crippen LogP contribution in [0.1, 0.15) is 12.0 Å². The Labute approximate surface area is 197 Å². The lowest BCUT2D eigenvalue weighted by Crippen LogP contribution is -2.27. The normalized spacial score (nSPS) is 19.9. The zero-order valence-corrected chi connectivity index (χ0v) is 18.7. The second kappa shape index (κ2) is 8.49. The first-order valence-corrected chi connectivity index (χ1v) is 10.7. The van der Waals surface area contributed by atoms with Crippen molar-refractivity contribution >= 4 is 47.0 Å². The van der Waals surface area contributed by atoms with Crippen molar-refractivity contribution in [2.75, 3.05) is 6.54 Å². The van der Waals surface area contributed by atoms with Crippen LogP contribution >= 0.6 is 11.6 Å². The molecular formula is C22H19ClF2N8O. The summed E-state index contributed by atoms with van der Waals surface area (Å²) in [6, 6.07) is 1.68. The van der Waals surface area contributed by atoms with Gasteiger partial charge < -0.3 is 10.2 Å². The molecule has 1 aliphatic carbocycles. The number of H-pyrrole nitrogens is 1. The molecule has 0 bridgehead atoms. The Balaban J connectivity index is 1.53. The first-order valence-electron chi connectivity index (χ1n) is 10.4. The monoisotopic (exact) mass is 484 g/mol. The van der Waals surface area contributed by atoms with Gasteiger partial charge in [-0.3, -0.25) is 19.6 Å². The standard InChI is InChI=1S/C22H19ClF2N8O/c1-26-16(30-22(34)11-7-13(11)24)10-33-6-5-27-14(9-33)17-12-8-28-31-21(12)18(20(25)19(17)23)15-3-4-29-32(15)2/h3-5,8-11,13H,1,6-7H2,2H3,(H,28,31)(H,30,34)/b16-10+/t11-,13+/m1/s1. The number of halogens is 3. The second-order valence-electron chi connectivity index (χ2n) is 7.92. The van der Waals surface area contributed by atoms with Crippen LogP contribution in [0.2, 0.25) is 5.02 Å². The first-order chi connectivity index (χ1) is 16.4. The maximum Gasteiger partial charge on any atom is 0.231 e.